The summed E-state index contributed by atoms with van der Waals surface area (Å²) in [5, 5.41) is 10.8. The minimum atomic E-state index is -1.06. The van der Waals surface area contributed by atoms with Gasteiger partial charge in [-0.25, -0.2) is 4.39 Å². The SMILES string of the molecule is CC1CC(C)CC(C(C)(O)c2ccccc2F)C1. The van der Waals surface area contributed by atoms with Gasteiger partial charge in [-0.05, 0) is 50.0 Å². The van der Waals surface area contributed by atoms with Crippen LogP contribution in [0.4, 0.5) is 4.39 Å². The van der Waals surface area contributed by atoms with E-state index in [0.29, 0.717) is 17.4 Å². The molecule has 1 aromatic carbocycles. The summed E-state index contributed by atoms with van der Waals surface area (Å²) in [6, 6.07) is 6.60. The van der Waals surface area contributed by atoms with Crippen LogP contribution in [0, 0.1) is 23.6 Å². The third kappa shape index (κ3) is 2.59. The van der Waals surface area contributed by atoms with Crippen LogP contribution in [0.3, 0.4) is 0 Å². The van der Waals surface area contributed by atoms with Crippen LogP contribution in [0.25, 0.3) is 0 Å². The zero-order chi connectivity index (χ0) is 13.3. The van der Waals surface area contributed by atoms with Gasteiger partial charge in [-0.2, -0.15) is 0 Å². The lowest BCUT2D eigenvalue weighted by Crippen LogP contribution is -2.37. The summed E-state index contributed by atoms with van der Waals surface area (Å²) in [5.74, 6) is 1.07. The molecule has 0 radical (unpaired) electrons. The minimum absolute atomic E-state index is 0.146. The maximum absolute atomic E-state index is 13.9. The highest BCUT2D eigenvalue weighted by atomic mass is 19.1. The van der Waals surface area contributed by atoms with Crippen molar-refractivity contribution in [1.82, 2.24) is 0 Å². The lowest BCUT2D eigenvalue weighted by atomic mass is 9.68. The third-order valence-corrected chi connectivity index (χ3v) is 4.39. The Balaban J connectivity index is 2.28. The first-order chi connectivity index (χ1) is 8.41. The Bertz CT molecular complexity index is 403. The van der Waals surface area contributed by atoms with Crippen molar-refractivity contribution in [2.75, 3.05) is 0 Å². The molecule has 1 aliphatic rings. The highest BCUT2D eigenvalue weighted by molar-refractivity contribution is 5.24. The molecule has 0 aromatic heterocycles. The monoisotopic (exact) mass is 250 g/mol. The van der Waals surface area contributed by atoms with Crippen LogP contribution in [0.5, 0.6) is 0 Å². The van der Waals surface area contributed by atoms with Gasteiger partial charge in [0.25, 0.3) is 0 Å². The average Bonchev–Trinajstić information content (AvgIpc) is 2.28. The maximum Gasteiger partial charge on any atom is 0.129 e. The van der Waals surface area contributed by atoms with E-state index in [-0.39, 0.29) is 11.7 Å². The van der Waals surface area contributed by atoms with Gasteiger partial charge in [0.2, 0.25) is 0 Å². The summed E-state index contributed by atoms with van der Waals surface area (Å²) >= 11 is 0. The van der Waals surface area contributed by atoms with Gasteiger partial charge in [0, 0.05) is 5.56 Å². The Kier molecular flexibility index (Phi) is 3.76. The minimum Gasteiger partial charge on any atom is -0.385 e. The number of aliphatic hydroxyl groups is 1. The molecule has 0 aliphatic heterocycles. The predicted octanol–water partition coefficient (Wildman–Crippen LogP) is 4.11. The fourth-order valence-electron chi connectivity index (χ4n) is 3.50. The Labute approximate surface area is 109 Å². The summed E-state index contributed by atoms with van der Waals surface area (Å²) in [7, 11) is 0. The molecule has 1 nitrogen and oxygen atoms in total. The van der Waals surface area contributed by atoms with E-state index in [2.05, 4.69) is 13.8 Å². The van der Waals surface area contributed by atoms with Crippen LogP contribution in [-0.4, -0.2) is 5.11 Å². The fraction of sp³-hybridized carbons (Fsp3) is 0.625. The second-order valence-corrected chi connectivity index (χ2v) is 6.24. The standard InChI is InChI=1S/C16H23FO/c1-11-8-12(2)10-13(9-11)16(3,18)14-6-4-5-7-15(14)17/h4-7,11-13,18H,8-10H2,1-3H3. The summed E-state index contributed by atoms with van der Waals surface area (Å²) in [5.41, 5.74) is -0.620. The van der Waals surface area contributed by atoms with E-state index in [0.717, 1.165) is 12.8 Å². The van der Waals surface area contributed by atoms with Crippen molar-refractivity contribution in [3.63, 3.8) is 0 Å². The first-order valence-electron chi connectivity index (χ1n) is 6.88. The lowest BCUT2D eigenvalue weighted by molar-refractivity contribution is -0.0411. The first-order valence-corrected chi connectivity index (χ1v) is 6.88. The molecule has 2 heteroatoms. The van der Waals surface area contributed by atoms with Crippen LogP contribution < -0.4 is 0 Å². The Morgan fingerprint density at radius 2 is 1.67 bits per heavy atom. The number of hydrogen-bond acceptors (Lipinski definition) is 1. The molecule has 1 saturated carbocycles. The third-order valence-electron chi connectivity index (χ3n) is 4.39. The van der Waals surface area contributed by atoms with E-state index >= 15 is 0 Å². The van der Waals surface area contributed by atoms with Crippen LogP contribution in [0.2, 0.25) is 0 Å². The molecule has 100 valence electrons. The van der Waals surface area contributed by atoms with Gasteiger partial charge in [-0.15, -0.1) is 0 Å². The fourth-order valence-corrected chi connectivity index (χ4v) is 3.50. The summed E-state index contributed by atoms with van der Waals surface area (Å²) in [4.78, 5) is 0. The molecule has 0 heterocycles. The Hall–Kier alpha value is -0.890. The van der Waals surface area contributed by atoms with Crippen molar-refractivity contribution in [3.8, 4) is 0 Å². The molecule has 3 atom stereocenters. The van der Waals surface area contributed by atoms with Crippen LogP contribution in [0.15, 0.2) is 24.3 Å². The van der Waals surface area contributed by atoms with Gasteiger partial charge in [-0.1, -0.05) is 32.0 Å². The van der Waals surface area contributed by atoms with E-state index < -0.39 is 5.60 Å². The normalized spacial score (nSPS) is 31.9. The van der Waals surface area contributed by atoms with Gasteiger partial charge in [0.1, 0.15) is 5.82 Å². The molecule has 0 spiro atoms. The first kappa shape index (κ1) is 13.5. The number of rotatable bonds is 2. The molecule has 2 rings (SSSR count). The zero-order valence-corrected chi connectivity index (χ0v) is 11.5. The van der Waals surface area contributed by atoms with Crippen molar-refractivity contribution >= 4 is 0 Å². The highest BCUT2D eigenvalue weighted by Crippen LogP contribution is 2.43. The van der Waals surface area contributed by atoms with Crippen LogP contribution in [-0.2, 0) is 5.60 Å². The molecule has 0 saturated heterocycles. The van der Waals surface area contributed by atoms with Gasteiger partial charge in [0.05, 0.1) is 5.60 Å². The molecule has 18 heavy (non-hydrogen) atoms. The molecule has 1 aliphatic carbocycles. The maximum atomic E-state index is 13.9. The topological polar surface area (TPSA) is 20.2 Å². The summed E-state index contributed by atoms with van der Waals surface area (Å²) < 4.78 is 13.9. The molecule has 1 N–H and O–H groups in total. The molecule has 0 amide bonds. The van der Waals surface area contributed by atoms with Crippen molar-refractivity contribution in [3.05, 3.63) is 35.6 Å². The van der Waals surface area contributed by atoms with Gasteiger partial charge < -0.3 is 5.11 Å². The largest absolute Gasteiger partial charge is 0.385 e. The van der Waals surface area contributed by atoms with Crippen molar-refractivity contribution < 1.29 is 9.50 Å². The molecule has 3 unspecified atom stereocenters. The van der Waals surface area contributed by atoms with E-state index in [1.54, 1.807) is 25.1 Å². The second-order valence-electron chi connectivity index (χ2n) is 6.24. The molecule has 1 aromatic rings. The molecule has 1 fully saturated rings. The molecule has 0 bridgehead atoms. The smallest absolute Gasteiger partial charge is 0.129 e. The zero-order valence-electron chi connectivity index (χ0n) is 11.5. The average molecular weight is 250 g/mol. The van der Waals surface area contributed by atoms with Crippen LogP contribution in [0.1, 0.15) is 45.6 Å². The Morgan fingerprint density at radius 1 is 1.11 bits per heavy atom. The molecular weight excluding hydrogens is 227 g/mol. The van der Waals surface area contributed by atoms with E-state index in [1.807, 2.05) is 0 Å². The number of halogens is 1. The number of hydrogen-bond donors (Lipinski definition) is 1. The quantitative estimate of drug-likeness (QED) is 0.837. The van der Waals surface area contributed by atoms with Gasteiger partial charge in [0.15, 0.2) is 0 Å². The van der Waals surface area contributed by atoms with E-state index in [1.165, 1.54) is 12.5 Å². The highest BCUT2D eigenvalue weighted by Gasteiger charge is 2.39. The summed E-state index contributed by atoms with van der Waals surface area (Å²) in [6.07, 6.45) is 3.17. The second kappa shape index (κ2) is 5.00. The summed E-state index contributed by atoms with van der Waals surface area (Å²) in [6.45, 7) is 6.21. The van der Waals surface area contributed by atoms with Crippen LogP contribution >= 0.6 is 0 Å². The van der Waals surface area contributed by atoms with Gasteiger partial charge >= 0.3 is 0 Å². The lowest BCUT2D eigenvalue weighted by Gasteiger charge is -2.40. The van der Waals surface area contributed by atoms with Crippen molar-refractivity contribution in [1.29, 1.82) is 0 Å². The molecular formula is C16H23FO. The van der Waals surface area contributed by atoms with Crippen molar-refractivity contribution in [2.45, 2.75) is 45.6 Å². The number of benzene rings is 1. The van der Waals surface area contributed by atoms with E-state index in [4.69, 9.17) is 0 Å². The Morgan fingerprint density at radius 3 is 2.22 bits per heavy atom. The van der Waals surface area contributed by atoms with Gasteiger partial charge in [-0.3, -0.25) is 0 Å². The van der Waals surface area contributed by atoms with Crippen molar-refractivity contribution in [2.24, 2.45) is 17.8 Å². The predicted molar refractivity (Wildman–Crippen MR) is 71.6 cm³/mol. The van der Waals surface area contributed by atoms with E-state index in [9.17, 15) is 9.50 Å².